The number of pyridine rings is 1. The fourth-order valence-corrected chi connectivity index (χ4v) is 2.71. The smallest absolute Gasteiger partial charge is 0.286 e. The maximum atomic E-state index is 11.2. The Morgan fingerprint density at radius 1 is 1.26 bits per heavy atom. The summed E-state index contributed by atoms with van der Waals surface area (Å²) in [7, 11) is 0. The number of rotatable bonds is 4. The molecule has 0 saturated carbocycles. The SMILES string of the molecule is Cc1nc2cnc(Cc3ccnc(C(N)=O)n3)cc2n1C(C)C. The van der Waals surface area contributed by atoms with Gasteiger partial charge in [-0.05, 0) is 32.9 Å². The normalized spacial score (nSPS) is 11.3. The third kappa shape index (κ3) is 2.90. The van der Waals surface area contributed by atoms with Crippen molar-refractivity contribution < 1.29 is 4.79 Å². The zero-order valence-corrected chi connectivity index (χ0v) is 13.3. The van der Waals surface area contributed by atoms with Gasteiger partial charge in [0.2, 0.25) is 5.82 Å². The van der Waals surface area contributed by atoms with E-state index in [1.54, 1.807) is 12.3 Å². The minimum Gasteiger partial charge on any atom is -0.363 e. The molecule has 0 aliphatic heterocycles. The van der Waals surface area contributed by atoms with Gasteiger partial charge in [0.1, 0.15) is 11.3 Å². The van der Waals surface area contributed by atoms with Gasteiger partial charge in [0.15, 0.2) is 0 Å². The van der Waals surface area contributed by atoms with Gasteiger partial charge in [0.05, 0.1) is 17.4 Å². The molecular weight excluding hydrogens is 292 g/mol. The molecule has 3 rings (SSSR count). The van der Waals surface area contributed by atoms with Crippen LogP contribution in [-0.2, 0) is 6.42 Å². The lowest BCUT2D eigenvalue weighted by atomic mass is 10.2. The highest BCUT2D eigenvalue weighted by molar-refractivity contribution is 5.88. The van der Waals surface area contributed by atoms with Gasteiger partial charge >= 0.3 is 0 Å². The predicted molar refractivity (Wildman–Crippen MR) is 86.0 cm³/mol. The van der Waals surface area contributed by atoms with E-state index in [2.05, 4.69) is 38.4 Å². The van der Waals surface area contributed by atoms with Gasteiger partial charge in [-0.3, -0.25) is 9.78 Å². The monoisotopic (exact) mass is 310 g/mol. The number of nitrogens with zero attached hydrogens (tertiary/aromatic N) is 5. The van der Waals surface area contributed by atoms with Crippen LogP contribution in [0.3, 0.4) is 0 Å². The van der Waals surface area contributed by atoms with Gasteiger partial charge in [-0.15, -0.1) is 0 Å². The molecule has 0 atom stereocenters. The summed E-state index contributed by atoms with van der Waals surface area (Å²) in [5.41, 5.74) is 8.70. The Morgan fingerprint density at radius 2 is 2.04 bits per heavy atom. The molecule has 1 amide bonds. The summed E-state index contributed by atoms with van der Waals surface area (Å²) in [5.74, 6) is 0.349. The summed E-state index contributed by atoms with van der Waals surface area (Å²) in [6.07, 6.45) is 3.80. The van der Waals surface area contributed by atoms with Crippen molar-refractivity contribution in [2.24, 2.45) is 5.73 Å². The van der Waals surface area contributed by atoms with E-state index in [1.165, 1.54) is 6.20 Å². The average molecular weight is 310 g/mol. The average Bonchev–Trinajstić information content (AvgIpc) is 2.82. The lowest BCUT2D eigenvalue weighted by Gasteiger charge is -2.11. The van der Waals surface area contributed by atoms with Crippen LogP contribution in [0.1, 0.15) is 47.7 Å². The van der Waals surface area contributed by atoms with Gasteiger partial charge in [0.25, 0.3) is 5.91 Å². The molecule has 23 heavy (non-hydrogen) atoms. The number of carbonyl (C=O) groups excluding carboxylic acids is 1. The second kappa shape index (κ2) is 5.75. The Morgan fingerprint density at radius 3 is 2.74 bits per heavy atom. The Hall–Kier alpha value is -2.83. The second-order valence-corrected chi connectivity index (χ2v) is 5.70. The number of hydrogen-bond donors (Lipinski definition) is 1. The number of nitrogens with two attached hydrogens (primary N) is 1. The zero-order chi connectivity index (χ0) is 16.6. The van der Waals surface area contributed by atoms with E-state index in [0.29, 0.717) is 18.2 Å². The molecule has 0 aromatic carbocycles. The summed E-state index contributed by atoms with van der Waals surface area (Å²) in [5, 5.41) is 0. The number of amides is 1. The number of hydrogen-bond acceptors (Lipinski definition) is 5. The highest BCUT2D eigenvalue weighted by Crippen LogP contribution is 2.21. The number of aryl methyl sites for hydroxylation is 1. The van der Waals surface area contributed by atoms with Crippen molar-refractivity contribution >= 4 is 16.9 Å². The van der Waals surface area contributed by atoms with Crippen molar-refractivity contribution in [1.29, 1.82) is 0 Å². The van der Waals surface area contributed by atoms with Crippen molar-refractivity contribution in [3.63, 3.8) is 0 Å². The van der Waals surface area contributed by atoms with Crippen LogP contribution < -0.4 is 5.73 Å². The van der Waals surface area contributed by atoms with Gasteiger partial charge in [0, 0.05) is 24.4 Å². The number of aromatic nitrogens is 5. The maximum Gasteiger partial charge on any atom is 0.286 e. The molecule has 0 aliphatic rings. The second-order valence-electron chi connectivity index (χ2n) is 5.70. The summed E-state index contributed by atoms with van der Waals surface area (Å²) in [4.78, 5) is 28.2. The highest BCUT2D eigenvalue weighted by Gasteiger charge is 2.12. The molecule has 3 aromatic rings. The van der Waals surface area contributed by atoms with Crippen LogP contribution in [0.2, 0.25) is 0 Å². The molecule has 0 fully saturated rings. The van der Waals surface area contributed by atoms with E-state index in [1.807, 2.05) is 13.0 Å². The molecule has 0 saturated heterocycles. The third-order valence-electron chi connectivity index (χ3n) is 3.62. The van der Waals surface area contributed by atoms with E-state index >= 15 is 0 Å². The van der Waals surface area contributed by atoms with Crippen molar-refractivity contribution in [2.45, 2.75) is 33.2 Å². The molecule has 0 aliphatic carbocycles. The van der Waals surface area contributed by atoms with Crippen LogP contribution in [0.15, 0.2) is 24.5 Å². The number of fused-ring (bicyclic) bond motifs is 1. The first-order chi connectivity index (χ1) is 11.0. The Kier molecular flexibility index (Phi) is 3.77. The largest absolute Gasteiger partial charge is 0.363 e. The molecule has 7 nitrogen and oxygen atoms in total. The van der Waals surface area contributed by atoms with E-state index in [9.17, 15) is 4.79 Å². The lowest BCUT2D eigenvalue weighted by Crippen LogP contribution is -2.16. The minimum atomic E-state index is -0.635. The molecule has 0 bridgehead atoms. The van der Waals surface area contributed by atoms with Gasteiger partial charge in [-0.2, -0.15) is 0 Å². The number of primary amides is 1. The molecule has 0 radical (unpaired) electrons. The molecule has 0 spiro atoms. The fraction of sp³-hybridized carbons (Fsp3) is 0.312. The molecular formula is C16H18N6O. The van der Waals surface area contributed by atoms with E-state index in [-0.39, 0.29) is 5.82 Å². The summed E-state index contributed by atoms with van der Waals surface area (Å²) in [6, 6.07) is 4.08. The maximum absolute atomic E-state index is 11.2. The first-order valence-corrected chi connectivity index (χ1v) is 7.41. The predicted octanol–water partition coefficient (Wildman–Crippen LogP) is 1.80. The first-order valence-electron chi connectivity index (χ1n) is 7.41. The molecule has 118 valence electrons. The van der Waals surface area contributed by atoms with Crippen LogP contribution in [0.5, 0.6) is 0 Å². The zero-order valence-electron chi connectivity index (χ0n) is 13.3. The Balaban J connectivity index is 1.99. The van der Waals surface area contributed by atoms with Crippen LogP contribution in [-0.4, -0.2) is 30.4 Å². The van der Waals surface area contributed by atoms with Crippen LogP contribution >= 0.6 is 0 Å². The van der Waals surface area contributed by atoms with E-state index < -0.39 is 5.91 Å². The third-order valence-corrected chi connectivity index (χ3v) is 3.62. The highest BCUT2D eigenvalue weighted by atomic mass is 16.1. The number of imidazole rings is 1. The van der Waals surface area contributed by atoms with E-state index in [4.69, 9.17) is 5.73 Å². The van der Waals surface area contributed by atoms with Crippen molar-refractivity contribution in [3.05, 3.63) is 47.6 Å². The van der Waals surface area contributed by atoms with Gasteiger partial charge in [-0.1, -0.05) is 0 Å². The first kappa shape index (κ1) is 15.1. The van der Waals surface area contributed by atoms with Crippen LogP contribution in [0.4, 0.5) is 0 Å². The Labute approximate surface area is 133 Å². The summed E-state index contributed by atoms with van der Waals surface area (Å²) in [6.45, 7) is 6.23. The Bertz CT molecular complexity index is 883. The van der Waals surface area contributed by atoms with Crippen molar-refractivity contribution in [2.75, 3.05) is 0 Å². The quantitative estimate of drug-likeness (QED) is 0.792. The van der Waals surface area contributed by atoms with Crippen LogP contribution in [0, 0.1) is 6.92 Å². The fourth-order valence-electron chi connectivity index (χ4n) is 2.71. The van der Waals surface area contributed by atoms with Gasteiger partial charge < -0.3 is 10.3 Å². The lowest BCUT2D eigenvalue weighted by molar-refractivity contribution is 0.0990. The molecule has 3 aromatic heterocycles. The van der Waals surface area contributed by atoms with Gasteiger partial charge in [-0.25, -0.2) is 15.0 Å². The van der Waals surface area contributed by atoms with E-state index in [0.717, 1.165) is 22.6 Å². The van der Waals surface area contributed by atoms with Crippen molar-refractivity contribution in [1.82, 2.24) is 24.5 Å². The number of carbonyl (C=O) groups is 1. The molecule has 2 N–H and O–H groups in total. The van der Waals surface area contributed by atoms with Crippen LogP contribution in [0.25, 0.3) is 11.0 Å². The molecule has 0 unspecified atom stereocenters. The standard InChI is InChI=1S/C16H18N6O/c1-9(2)22-10(3)20-13-8-19-12(7-14(13)22)6-11-4-5-18-16(21-11)15(17)23/h4-5,7-9H,6H2,1-3H3,(H2,17,23). The minimum absolute atomic E-state index is 0.0200. The topological polar surface area (TPSA) is 99.6 Å². The summed E-state index contributed by atoms with van der Waals surface area (Å²) < 4.78 is 2.18. The van der Waals surface area contributed by atoms with Crippen molar-refractivity contribution in [3.8, 4) is 0 Å². The molecule has 7 heteroatoms. The molecule has 3 heterocycles. The summed E-state index contributed by atoms with van der Waals surface area (Å²) >= 11 is 0.